The lowest BCUT2D eigenvalue weighted by molar-refractivity contribution is -0.141. The number of esters is 1. The first-order valence-corrected chi connectivity index (χ1v) is 9.67. The quantitative estimate of drug-likeness (QED) is 0.468. The van der Waals surface area contributed by atoms with Gasteiger partial charge in [0.2, 0.25) is 0 Å². The predicted molar refractivity (Wildman–Crippen MR) is 116 cm³/mol. The van der Waals surface area contributed by atoms with Crippen LogP contribution in [0.15, 0.2) is 49.1 Å². The van der Waals surface area contributed by atoms with E-state index >= 15 is 0 Å². The summed E-state index contributed by atoms with van der Waals surface area (Å²) < 4.78 is 4.58. The van der Waals surface area contributed by atoms with Crippen LogP contribution in [0.5, 0.6) is 5.75 Å². The Morgan fingerprint density at radius 2 is 1.93 bits per heavy atom. The van der Waals surface area contributed by atoms with Gasteiger partial charge in [0.1, 0.15) is 29.1 Å². The van der Waals surface area contributed by atoms with Crippen LogP contribution in [0.25, 0.3) is 16.7 Å². The smallest absolute Gasteiger partial charge is 0.305 e. The van der Waals surface area contributed by atoms with Crippen LogP contribution in [0.1, 0.15) is 39.7 Å². The van der Waals surface area contributed by atoms with Crippen molar-refractivity contribution in [3.05, 3.63) is 59.6 Å². The highest BCUT2D eigenvalue weighted by atomic mass is 35.5. The fourth-order valence-corrected chi connectivity index (χ4v) is 2.71. The molecule has 0 fully saturated rings. The molecule has 29 heavy (non-hydrogen) atoms. The minimum atomic E-state index is -0.176. The van der Waals surface area contributed by atoms with Crippen molar-refractivity contribution in [1.82, 2.24) is 15.0 Å². The van der Waals surface area contributed by atoms with Gasteiger partial charge in [-0.3, -0.25) is 4.79 Å². The minimum Gasteiger partial charge on any atom is -0.505 e. The second kappa shape index (κ2) is 9.56. The molecular formula is C22H26ClN3O3. The second-order valence-corrected chi connectivity index (χ2v) is 7.81. The maximum absolute atomic E-state index is 10.5. The number of phenolic OH excluding ortho intramolecular Hbond substituents is 1. The molecule has 1 N–H and O–H groups in total. The molecule has 1 heterocycles. The van der Waals surface area contributed by atoms with Crippen LogP contribution in [0, 0.1) is 0 Å². The van der Waals surface area contributed by atoms with Crippen molar-refractivity contribution >= 4 is 28.6 Å². The molecule has 0 radical (unpaired) electrons. The number of hydrogen-bond donors (Lipinski definition) is 1. The summed E-state index contributed by atoms with van der Waals surface area (Å²) in [5.74, 6) is 0.0290. The van der Waals surface area contributed by atoms with Crippen LogP contribution in [0.2, 0.25) is 5.02 Å². The summed E-state index contributed by atoms with van der Waals surface area (Å²) in [6, 6.07) is 11.0. The molecular weight excluding hydrogens is 390 g/mol. The Morgan fingerprint density at radius 3 is 2.55 bits per heavy atom. The van der Waals surface area contributed by atoms with Crippen LogP contribution in [-0.4, -0.2) is 32.7 Å². The molecule has 2 aromatic carbocycles. The molecule has 0 unspecified atom stereocenters. The van der Waals surface area contributed by atoms with Gasteiger partial charge in [-0.2, -0.15) is 0 Å². The molecule has 3 rings (SSSR count). The second-order valence-electron chi connectivity index (χ2n) is 7.37. The van der Waals surface area contributed by atoms with Gasteiger partial charge in [0.15, 0.2) is 0 Å². The summed E-state index contributed by atoms with van der Waals surface area (Å²) in [6.45, 7) is 11.6. The highest BCUT2D eigenvalue weighted by molar-refractivity contribution is 6.31. The Kier molecular flexibility index (Phi) is 7.40. The van der Waals surface area contributed by atoms with Crippen molar-refractivity contribution in [2.24, 2.45) is 0 Å². The zero-order valence-corrected chi connectivity index (χ0v) is 17.9. The number of phenols is 1. The van der Waals surface area contributed by atoms with Gasteiger partial charge in [-0.1, -0.05) is 64.1 Å². The number of hydrogen-bond acceptors (Lipinski definition) is 5. The number of aromatic hydroxyl groups is 1. The fraction of sp³-hybridized carbons (Fsp3) is 0.318. The molecule has 0 saturated carbocycles. The van der Waals surface area contributed by atoms with E-state index in [9.17, 15) is 9.90 Å². The van der Waals surface area contributed by atoms with Gasteiger partial charge in [-0.05, 0) is 29.7 Å². The van der Waals surface area contributed by atoms with Crippen LogP contribution in [0.4, 0.5) is 0 Å². The van der Waals surface area contributed by atoms with Crippen molar-refractivity contribution < 1.29 is 14.6 Å². The Hall–Kier alpha value is -2.86. The van der Waals surface area contributed by atoms with E-state index in [0.29, 0.717) is 29.3 Å². The van der Waals surface area contributed by atoms with Crippen molar-refractivity contribution in [2.45, 2.75) is 39.5 Å². The first-order valence-electron chi connectivity index (χ1n) is 9.29. The zero-order valence-electron chi connectivity index (χ0n) is 17.1. The van der Waals surface area contributed by atoms with E-state index in [2.05, 4.69) is 42.3 Å². The van der Waals surface area contributed by atoms with Crippen molar-refractivity contribution in [1.29, 1.82) is 0 Å². The maximum Gasteiger partial charge on any atom is 0.305 e. The third-order valence-electron chi connectivity index (χ3n) is 4.03. The lowest BCUT2D eigenvalue weighted by Crippen LogP contribution is -2.12. The summed E-state index contributed by atoms with van der Waals surface area (Å²) in [5.41, 5.74) is 2.70. The van der Waals surface area contributed by atoms with E-state index in [-0.39, 0.29) is 17.1 Å². The SMILES string of the molecule is C=CCOC(=O)CC.CC(C)(C)c1cccc(-n2nc3ccc(Cl)cc3n2)c1O. The summed E-state index contributed by atoms with van der Waals surface area (Å²) >= 11 is 5.96. The zero-order chi connectivity index (χ0) is 21.6. The number of rotatable bonds is 4. The van der Waals surface area contributed by atoms with E-state index in [1.165, 1.54) is 4.80 Å². The van der Waals surface area contributed by atoms with Crippen LogP contribution in [0.3, 0.4) is 0 Å². The molecule has 0 aliphatic rings. The van der Waals surface area contributed by atoms with Crippen LogP contribution in [-0.2, 0) is 14.9 Å². The Bertz CT molecular complexity index is 1010. The monoisotopic (exact) mass is 415 g/mol. The molecule has 154 valence electrons. The Morgan fingerprint density at radius 1 is 1.24 bits per heavy atom. The topological polar surface area (TPSA) is 77.2 Å². The number of ether oxygens (including phenoxy) is 1. The lowest BCUT2D eigenvalue weighted by Gasteiger charge is -2.21. The molecule has 1 aromatic heterocycles. The number of halogens is 1. The van der Waals surface area contributed by atoms with Gasteiger partial charge >= 0.3 is 5.97 Å². The van der Waals surface area contributed by atoms with E-state index in [0.717, 1.165) is 11.1 Å². The first-order chi connectivity index (χ1) is 13.7. The first kappa shape index (κ1) is 22.4. The number of fused-ring (bicyclic) bond motifs is 1. The van der Waals surface area contributed by atoms with Gasteiger partial charge < -0.3 is 9.84 Å². The van der Waals surface area contributed by atoms with Crippen molar-refractivity contribution in [3.63, 3.8) is 0 Å². The molecule has 0 aliphatic carbocycles. The maximum atomic E-state index is 10.5. The molecule has 6 nitrogen and oxygen atoms in total. The largest absolute Gasteiger partial charge is 0.505 e. The van der Waals surface area contributed by atoms with E-state index in [1.807, 2.05) is 18.2 Å². The molecule has 0 atom stereocenters. The molecule has 0 saturated heterocycles. The van der Waals surface area contributed by atoms with Gasteiger partial charge in [0.25, 0.3) is 0 Å². The average molecular weight is 416 g/mol. The predicted octanol–water partition coefficient (Wildman–Crippen LogP) is 5.20. The molecule has 0 spiro atoms. The molecule has 3 aromatic rings. The van der Waals surface area contributed by atoms with Crippen LogP contribution < -0.4 is 0 Å². The van der Waals surface area contributed by atoms with Crippen molar-refractivity contribution in [2.75, 3.05) is 6.61 Å². The van der Waals surface area contributed by atoms with Gasteiger partial charge in [0.05, 0.1) is 0 Å². The average Bonchev–Trinajstić information content (AvgIpc) is 3.08. The molecule has 0 aliphatic heterocycles. The Labute approximate surface area is 175 Å². The van der Waals surface area contributed by atoms with Gasteiger partial charge in [-0.15, -0.1) is 15.0 Å². The standard InChI is InChI=1S/C16H16ClN3O.C6H10O2/c1-16(2,3)11-5-4-6-14(15(11)21)20-18-12-8-7-10(17)9-13(12)19-20;1-3-5-8-6(7)4-2/h4-9,21H,1-3H3;3H,1,4-5H2,2H3. The number of nitrogens with zero attached hydrogens (tertiary/aromatic N) is 3. The van der Waals surface area contributed by atoms with E-state index < -0.39 is 0 Å². The number of para-hydroxylation sites is 1. The van der Waals surface area contributed by atoms with E-state index in [1.54, 1.807) is 31.2 Å². The minimum absolute atomic E-state index is 0.157. The normalized spacial score (nSPS) is 10.9. The number of carbonyl (C=O) groups excluding carboxylic acids is 1. The third kappa shape index (κ3) is 5.81. The van der Waals surface area contributed by atoms with Gasteiger partial charge in [-0.25, -0.2) is 0 Å². The Balaban J connectivity index is 0.000000321. The summed E-state index contributed by atoms with van der Waals surface area (Å²) in [7, 11) is 0. The van der Waals surface area contributed by atoms with Crippen molar-refractivity contribution in [3.8, 4) is 11.4 Å². The third-order valence-corrected chi connectivity index (χ3v) is 4.27. The molecule has 7 heteroatoms. The highest BCUT2D eigenvalue weighted by Gasteiger charge is 2.21. The number of benzene rings is 2. The summed E-state index contributed by atoms with van der Waals surface area (Å²) in [4.78, 5) is 11.8. The number of aromatic nitrogens is 3. The number of carbonyl (C=O) groups is 1. The summed E-state index contributed by atoms with van der Waals surface area (Å²) in [6.07, 6.45) is 1.99. The lowest BCUT2D eigenvalue weighted by atomic mass is 9.86. The summed E-state index contributed by atoms with van der Waals surface area (Å²) in [5, 5.41) is 19.9. The fourth-order valence-electron chi connectivity index (χ4n) is 2.55. The van der Waals surface area contributed by atoms with E-state index in [4.69, 9.17) is 11.6 Å². The molecule has 0 bridgehead atoms. The van der Waals surface area contributed by atoms with Gasteiger partial charge in [0, 0.05) is 17.0 Å². The van der Waals surface area contributed by atoms with Crippen LogP contribution >= 0.6 is 11.6 Å². The highest BCUT2D eigenvalue weighted by Crippen LogP contribution is 2.34. The molecule has 0 amide bonds.